The summed E-state index contributed by atoms with van der Waals surface area (Å²) in [7, 11) is 0. The fourth-order valence-corrected chi connectivity index (χ4v) is 1.22. The largest absolute Gasteiger partial charge is 0.472 e. The van der Waals surface area contributed by atoms with Gasteiger partial charge in [0, 0.05) is 17.6 Å². The Kier molecular flexibility index (Phi) is 4.07. The average molecular weight is 222 g/mol. The average Bonchev–Trinajstić information content (AvgIpc) is 2.15. The lowest BCUT2D eigenvalue weighted by Gasteiger charge is -2.06. The van der Waals surface area contributed by atoms with Crippen LogP contribution in [0.5, 0.6) is 5.88 Å². The highest BCUT2D eigenvalue weighted by atomic mass is 35.5. The Bertz CT molecular complexity index is 307. The molecule has 0 bridgehead atoms. The Morgan fingerprint density at radius 3 is 2.71 bits per heavy atom. The number of aromatic nitrogens is 1. The molecule has 2 nitrogen and oxygen atoms in total. The van der Waals surface area contributed by atoms with Crippen molar-refractivity contribution < 1.29 is 13.5 Å². The van der Waals surface area contributed by atoms with Gasteiger partial charge in [-0.1, -0.05) is 6.07 Å². The smallest absolute Gasteiger partial charge is 0.272 e. The molecule has 0 saturated heterocycles. The third-order valence-corrected chi connectivity index (χ3v) is 1.96. The summed E-state index contributed by atoms with van der Waals surface area (Å²) in [5.74, 6) is 0.560. The molecule has 5 heteroatoms. The van der Waals surface area contributed by atoms with Gasteiger partial charge in [0.1, 0.15) is 0 Å². The lowest BCUT2D eigenvalue weighted by atomic mass is 10.2. The van der Waals surface area contributed by atoms with Crippen LogP contribution in [-0.4, -0.2) is 18.0 Å². The van der Waals surface area contributed by atoms with Gasteiger partial charge in [0.2, 0.25) is 5.88 Å². The third-order valence-electron chi connectivity index (χ3n) is 1.67. The minimum Gasteiger partial charge on any atom is -0.472 e. The van der Waals surface area contributed by atoms with Crippen molar-refractivity contribution >= 4 is 11.6 Å². The Hall–Kier alpha value is -0.900. The van der Waals surface area contributed by atoms with E-state index in [4.69, 9.17) is 16.3 Å². The van der Waals surface area contributed by atoms with Crippen molar-refractivity contribution in [2.75, 3.05) is 6.61 Å². The molecule has 0 unspecified atom stereocenters. The molecule has 0 aliphatic heterocycles. The van der Waals surface area contributed by atoms with E-state index in [1.165, 1.54) is 6.07 Å². The second-order valence-corrected chi connectivity index (χ2v) is 3.00. The standard InChI is InChI=1S/C9H10ClF2NO/c1-6-7(4-10)2-3-9(13-6)14-5-8(11)12/h2-3,8H,4-5H2,1H3. The first kappa shape index (κ1) is 11.2. The van der Waals surface area contributed by atoms with E-state index in [0.29, 0.717) is 11.6 Å². The van der Waals surface area contributed by atoms with Crippen LogP contribution in [0.1, 0.15) is 11.3 Å². The summed E-state index contributed by atoms with van der Waals surface area (Å²) >= 11 is 5.61. The van der Waals surface area contributed by atoms with Crippen LogP contribution < -0.4 is 4.74 Å². The third kappa shape index (κ3) is 3.10. The Labute approximate surface area is 85.9 Å². The molecule has 0 atom stereocenters. The number of halogens is 3. The van der Waals surface area contributed by atoms with Gasteiger partial charge in [0.25, 0.3) is 6.43 Å². The van der Waals surface area contributed by atoms with Gasteiger partial charge in [-0.25, -0.2) is 13.8 Å². The van der Waals surface area contributed by atoms with Crippen LogP contribution in [-0.2, 0) is 5.88 Å². The summed E-state index contributed by atoms with van der Waals surface area (Å²) in [6.45, 7) is 1.12. The molecule has 1 heterocycles. The van der Waals surface area contributed by atoms with Gasteiger partial charge in [-0.15, -0.1) is 11.6 Å². The van der Waals surface area contributed by atoms with Crippen LogP contribution >= 0.6 is 11.6 Å². The second kappa shape index (κ2) is 5.10. The SMILES string of the molecule is Cc1nc(OCC(F)F)ccc1CCl. The molecule has 0 aromatic carbocycles. The Morgan fingerprint density at radius 1 is 1.50 bits per heavy atom. The molecular formula is C9H10ClF2NO. The highest BCUT2D eigenvalue weighted by molar-refractivity contribution is 6.17. The van der Waals surface area contributed by atoms with Crippen LogP contribution in [0, 0.1) is 6.92 Å². The van der Waals surface area contributed by atoms with Crippen molar-refractivity contribution in [2.45, 2.75) is 19.2 Å². The predicted molar refractivity (Wildman–Crippen MR) is 50.0 cm³/mol. The Morgan fingerprint density at radius 2 is 2.21 bits per heavy atom. The number of pyridine rings is 1. The van der Waals surface area contributed by atoms with Crippen LogP contribution in [0.4, 0.5) is 8.78 Å². The Balaban J connectivity index is 2.66. The van der Waals surface area contributed by atoms with Gasteiger partial charge < -0.3 is 4.74 Å². The van der Waals surface area contributed by atoms with Crippen molar-refractivity contribution in [2.24, 2.45) is 0 Å². The fourth-order valence-electron chi connectivity index (χ4n) is 0.937. The number of hydrogen-bond acceptors (Lipinski definition) is 2. The van der Waals surface area contributed by atoms with E-state index in [1.807, 2.05) is 0 Å². The highest BCUT2D eigenvalue weighted by Crippen LogP contribution is 2.14. The highest BCUT2D eigenvalue weighted by Gasteiger charge is 2.05. The molecule has 0 aliphatic rings. The lowest BCUT2D eigenvalue weighted by molar-refractivity contribution is 0.0795. The first-order valence-electron chi connectivity index (χ1n) is 4.07. The quantitative estimate of drug-likeness (QED) is 0.730. The summed E-state index contributed by atoms with van der Waals surface area (Å²) < 4.78 is 28.3. The van der Waals surface area contributed by atoms with Crippen LogP contribution in [0.3, 0.4) is 0 Å². The molecule has 1 aromatic heterocycles. The summed E-state index contributed by atoms with van der Waals surface area (Å²) in [4.78, 5) is 3.98. The zero-order valence-corrected chi connectivity index (χ0v) is 8.39. The number of ether oxygens (including phenoxy) is 1. The minimum absolute atomic E-state index is 0.205. The zero-order chi connectivity index (χ0) is 10.6. The topological polar surface area (TPSA) is 22.1 Å². The summed E-state index contributed by atoms with van der Waals surface area (Å²) in [6.07, 6.45) is -2.48. The number of hydrogen-bond donors (Lipinski definition) is 0. The van der Waals surface area contributed by atoms with Crippen LogP contribution in [0.2, 0.25) is 0 Å². The summed E-state index contributed by atoms with van der Waals surface area (Å²) in [5, 5.41) is 0. The van der Waals surface area contributed by atoms with E-state index in [2.05, 4.69) is 4.98 Å². The number of rotatable bonds is 4. The first-order valence-corrected chi connectivity index (χ1v) is 4.60. The molecule has 0 aliphatic carbocycles. The van der Waals surface area contributed by atoms with Gasteiger partial charge in [-0.3, -0.25) is 0 Å². The molecule has 0 amide bonds. The molecule has 1 rings (SSSR count). The van der Waals surface area contributed by atoms with E-state index in [1.54, 1.807) is 13.0 Å². The van der Waals surface area contributed by atoms with Crippen molar-refractivity contribution in [3.63, 3.8) is 0 Å². The second-order valence-electron chi connectivity index (χ2n) is 2.73. The van der Waals surface area contributed by atoms with E-state index in [0.717, 1.165) is 5.56 Å². The van der Waals surface area contributed by atoms with Crippen molar-refractivity contribution in [3.8, 4) is 5.88 Å². The van der Waals surface area contributed by atoms with Gasteiger partial charge >= 0.3 is 0 Å². The molecule has 0 spiro atoms. The molecule has 1 aromatic rings. The van der Waals surface area contributed by atoms with E-state index in [9.17, 15) is 8.78 Å². The maximum Gasteiger partial charge on any atom is 0.272 e. The van der Waals surface area contributed by atoms with E-state index in [-0.39, 0.29) is 5.88 Å². The fraction of sp³-hybridized carbons (Fsp3) is 0.444. The normalized spacial score (nSPS) is 10.6. The minimum atomic E-state index is -2.48. The molecule has 0 saturated carbocycles. The van der Waals surface area contributed by atoms with E-state index < -0.39 is 13.0 Å². The van der Waals surface area contributed by atoms with Crippen molar-refractivity contribution in [1.29, 1.82) is 0 Å². The van der Waals surface area contributed by atoms with Gasteiger partial charge in [-0.2, -0.15) is 0 Å². The first-order chi connectivity index (χ1) is 6.63. The maximum atomic E-state index is 11.8. The number of alkyl halides is 3. The van der Waals surface area contributed by atoms with Gasteiger partial charge in [0.05, 0.1) is 0 Å². The molecule has 78 valence electrons. The number of nitrogens with zero attached hydrogens (tertiary/aromatic N) is 1. The summed E-state index contributed by atoms with van der Waals surface area (Å²) in [5.41, 5.74) is 1.57. The van der Waals surface area contributed by atoms with E-state index >= 15 is 0 Å². The summed E-state index contributed by atoms with van der Waals surface area (Å²) in [6, 6.07) is 3.25. The van der Waals surface area contributed by atoms with Gasteiger partial charge in [-0.05, 0) is 12.5 Å². The molecule has 0 radical (unpaired) electrons. The van der Waals surface area contributed by atoms with Crippen LogP contribution in [0.25, 0.3) is 0 Å². The molecular weight excluding hydrogens is 212 g/mol. The van der Waals surface area contributed by atoms with Crippen molar-refractivity contribution in [1.82, 2.24) is 4.98 Å². The van der Waals surface area contributed by atoms with Gasteiger partial charge in [0.15, 0.2) is 6.61 Å². The van der Waals surface area contributed by atoms with Crippen LogP contribution in [0.15, 0.2) is 12.1 Å². The maximum absolute atomic E-state index is 11.8. The molecule has 0 N–H and O–H groups in total. The zero-order valence-electron chi connectivity index (χ0n) is 7.64. The molecule has 0 fully saturated rings. The monoisotopic (exact) mass is 221 g/mol. The lowest BCUT2D eigenvalue weighted by Crippen LogP contribution is -2.08. The van der Waals surface area contributed by atoms with Crippen molar-refractivity contribution in [3.05, 3.63) is 23.4 Å². The molecule has 14 heavy (non-hydrogen) atoms. The number of aryl methyl sites for hydroxylation is 1. The predicted octanol–water partition coefficient (Wildman–Crippen LogP) is 2.77.